The molecule has 0 spiro atoms. The van der Waals surface area contributed by atoms with E-state index in [0.29, 0.717) is 15.6 Å². The number of hydrogen-bond donors (Lipinski definition) is 2. The second-order valence-corrected chi connectivity index (χ2v) is 5.11. The van der Waals surface area contributed by atoms with Gasteiger partial charge in [-0.05, 0) is 24.3 Å². The van der Waals surface area contributed by atoms with Crippen LogP contribution in [-0.2, 0) is 0 Å². The highest BCUT2D eigenvalue weighted by Crippen LogP contribution is 2.31. The van der Waals surface area contributed by atoms with Crippen LogP contribution in [0.4, 0.5) is 5.69 Å². The molecular formula is C14H10Cl2N2O. The maximum atomic E-state index is 12.0. The molecule has 0 saturated carbocycles. The van der Waals surface area contributed by atoms with E-state index < -0.39 is 0 Å². The van der Waals surface area contributed by atoms with Crippen molar-refractivity contribution in [1.82, 2.24) is 5.32 Å². The second kappa shape index (κ2) is 4.76. The zero-order valence-electron chi connectivity index (χ0n) is 9.78. The molecular weight excluding hydrogens is 283 g/mol. The first-order valence-electron chi connectivity index (χ1n) is 5.76. The minimum absolute atomic E-state index is 0.120. The molecule has 2 aromatic rings. The Balaban J connectivity index is 1.99. The zero-order chi connectivity index (χ0) is 13.4. The fraction of sp³-hybridized carbons (Fsp3) is 0.0714. The van der Waals surface area contributed by atoms with Crippen LogP contribution in [0.5, 0.6) is 0 Å². The molecule has 3 rings (SSSR count). The van der Waals surface area contributed by atoms with Crippen molar-refractivity contribution in [3.63, 3.8) is 0 Å². The normalized spacial score (nSPS) is 17.4. The summed E-state index contributed by atoms with van der Waals surface area (Å²) in [6, 6.07) is 12.6. The minimum atomic E-state index is -0.354. The summed E-state index contributed by atoms with van der Waals surface area (Å²) < 4.78 is 0. The summed E-state index contributed by atoms with van der Waals surface area (Å²) in [5.74, 6) is -0.120. The topological polar surface area (TPSA) is 41.1 Å². The third kappa shape index (κ3) is 2.27. The van der Waals surface area contributed by atoms with Crippen molar-refractivity contribution in [3.8, 4) is 0 Å². The molecule has 0 aromatic heterocycles. The molecule has 2 aromatic carbocycles. The van der Waals surface area contributed by atoms with Crippen molar-refractivity contribution in [3.05, 3.63) is 63.6 Å². The van der Waals surface area contributed by atoms with Gasteiger partial charge < -0.3 is 10.6 Å². The van der Waals surface area contributed by atoms with Crippen LogP contribution in [0.25, 0.3) is 0 Å². The Labute approximate surface area is 120 Å². The summed E-state index contributed by atoms with van der Waals surface area (Å²) in [6.07, 6.45) is -0.354. The van der Waals surface area contributed by atoms with Crippen LogP contribution in [-0.4, -0.2) is 5.91 Å². The number of amides is 1. The SMILES string of the molecule is O=C1N[C@@H](c2ccc(Cl)cc2Cl)Nc2ccccc21. The predicted molar refractivity (Wildman–Crippen MR) is 76.7 cm³/mol. The summed E-state index contributed by atoms with van der Waals surface area (Å²) in [6.45, 7) is 0. The van der Waals surface area contributed by atoms with Crippen molar-refractivity contribution in [1.29, 1.82) is 0 Å². The van der Waals surface area contributed by atoms with E-state index in [4.69, 9.17) is 23.2 Å². The summed E-state index contributed by atoms with van der Waals surface area (Å²) in [5.41, 5.74) is 2.21. The van der Waals surface area contributed by atoms with E-state index in [-0.39, 0.29) is 12.1 Å². The average molecular weight is 293 g/mol. The van der Waals surface area contributed by atoms with Crippen LogP contribution in [0, 0.1) is 0 Å². The lowest BCUT2D eigenvalue weighted by Crippen LogP contribution is -2.38. The Kier molecular flexibility index (Phi) is 3.09. The predicted octanol–water partition coefficient (Wildman–Crippen LogP) is 3.85. The van der Waals surface area contributed by atoms with Crippen molar-refractivity contribution >= 4 is 34.8 Å². The van der Waals surface area contributed by atoms with Gasteiger partial charge in [-0.2, -0.15) is 0 Å². The molecule has 1 heterocycles. The molecule has 0 radical (unpaired) electrons. The van der Waals surface area contributed by atoms with Gasteiger partial charge in [-0.1, -0.05) is 41.4 Å². The van der Waals surface area contributed by atoms with Crippen molar-refractivity contribution in [2.45, 2.75) is 6.17 Å². The van der Waals surface area contributed by atoms with E-state index in [9.17, 15) is 4.79 Å². The Hall–Kier alpha value is -1.71. The van der Waals surface area contributed by atoms with E-state index in [1.54, 1.807) is 24.3 Å². The first-order chi connectivity index (χ1) is 9.15. The summed E-state index contributed by atoms with van der Waals surface area (Å²) in [5, 5.41) is 7.20. The fourth-order valence-electron chi connectivity index (χ4n) is 2.10. The lowest BCUT2D eigenvalue weighted by molar-refractivity contribution is 0.0936. The van der Waals surface area contributed by atoms with Crippen LogP contribution in [0.3, 0.4) is 0 Å². The van der Waals surface area contributed by atoms with E-state index in [2.05, 4.69) is 10.6 Å². The molecule has 0 bridgehead atoms. The zero-order valence-corrected chi connectivity index (χ0v) is 11.3. The number of anilines is 1. The third-order valence-electron chi connectivity index (χ3n) is 3.02. The molecule has 2 N–H and O–H groups in total. The number of carbonyl (C=O) groups is 1. The molecule has 1 aliphatic heterocycles. The number of halogens is 2. The van der Waals surface area contributed by atoms with Gasteiger partial charge in [0.25, 0.3) is 5.91 Å². The van der Waals surface area contributed by atoms with Crippen LogP contribution < -0.4 is 10.6 Å². The number of fused-ring (bicyclic) bond motifs is 1. The number of para-hydroxylation sites is 1. The van der Waals surface area contributed by atoms with E-state index in [0.717, 1.165) is 11.3 Å². The van der Waals surface area contributed by atoms with Crippen LogP contribution in [0.2, 0.25) is 10.0 Å². The minimum Gasteiger partial charge on any atom is -0.361 e. The number of nitrogens with one attached hydrogen (secondary N) is 2. The van der Waals surface area contributed by atoms with Gasteiger partial charge in [0.15, 0.2) is 0 Å². The second-order valence-electron chi connectivity index (χ2n) is 4.26. The highest BCUT2D eigenvalue weighted by molar-refractivity contribution is 6.35. The van der Waals surface area contributed by atoms with Gasteiger partial charge in [0.2, 0.25) is 0 Å². The molecule has 0 saturated heterocycles. The summed E-state index contributed by atoms with van der Waals surface area (Å²) in [7, 11) is 0. The van der Waals surface area contributed by atoms with Crippen LogP contribution in [0.15, 0.2) is 42.5 Å². The summed E-state index contributed by atoms with van der Waals surface area (Å²) in [4.78, 5) is 12.0. The molecule has 1 atom stereocenters. The van der Waals surface area contributed by atoms with Gasteiger partial charge in [-0.3, -0.25) is 4.79 Å². The lowest BCUT2D eigenvalue weighted by Gasteiger charge is -2.28. The quantitative estimate of drug-likeness (QED) is 0.838. The van der Waals surface area contributed by atoms with Crippen molar-refractivity contribution in [2.24, 2.45) is 0 Å². The number of rotatable bonds is 1. The molecule has 0 aliphatic carbocycles. The lowest BCUT2D eigenvalue weighted by atomic mass is 10.1. The molecule has 1 amide bonds. The monoisotopic (exact) mass is 292 g/mol. The van der Waals surface area contributed by atoms with Gasteiger partial charge >= 0.3 is 0 Å². The van der Waals surface area contributed by atoms with E-state index in [1.165, 1.54) is 0 Å². The number of carbonyl (C=O) groups excluding carboxylic acids is 1. The smallest absolute Gasteiger partial charge is 0.255 e. The Morgan fingerprint density at radius 1 is 1.00 bits per heavy atom. The largest absolute Gasteiger partial charge is 0.361 e. The molecule has 96 valence electrons. The van der Waals surface area contributed by atoms with Gasteiger partial charge in [0.05, 0.1) is 5.56 Å². The molecule has 3 nitrogen and oxygen atoms in total. The Morgan fingerprint density at radius 3 is 2.58 bits per heavy atom. The van der Waals surface area contributed by atoms with Crippen LogP contribution >= 0.6 is 23.2 Å². The molecule has 0 unspecified atom stereocenters. The van der Waals surface area contributed by atoms with Gasteiger partial charge in [0.1, 0.15) is 6.17 Å². The fourth-order valence-corrected chi connectivity index (χ4v) is 2.62. The molecule has 0 fully saturated rings. The van der Waals surface area contributed by atoms with Crippen molar-refractivity contribution in [2.75, 3.05) is 5.32 Å². The first-order valence-corrected chi connectivity index (χ1v) is 6.52. The highest BCUT2D eigenvalue weighted by atomic mass is 35.5. The molecule has 5 heteroatoms. The molecule has 1 aliphatic rings. The third-order valence-corrected chi connectivity index (χ3v) is 3.58. The highest BCUT2D eigenvalue weighted by Gasteiger charge is 2.25. The Morgan fingerprint density at radius 2 is 1.79 bits per heavy atom. The van der Waals surface area contributed by atoms with Crippen molar-refractivity contribution < 1.29 is 4.79 Å². The molecule has 19 heavy (non-hydrogen) atoms. The maximum Gasteiger partial charge on any atom is 0.255 e. The van der Waals surface area contributed by atoms with Gasteiger partial charge in [-0.15, -0.1) is 0 Å². The first kappa shape index (κ1) is 12.3. The average Bonchev–Trinajstić information content (AvgIpc) is 2.38. The Bertz CT molecular complexity index is 658. The standard InChI is InChI=1S/C14H10Cl2N2O/c15-8-5-6-9(11(16)7-8)13-17-12-4-2-1-3-10(12)14(19)18-13/h1-7,13,17H,(H,18,19)/t13-/m0/s1. The van der Waals surface area contributed by atoms with E-state index in [1.807, 2.05) is 18.2 Å². The number of benzene rings is 2. The van der Waals surface area contributed by atoms with Gasteiger partial charge in [-0.25, -0.2) is 0 Å². The van der Waals surface area contributed by atoms with Gasteiger partial charge in [0, 0.05) is 21.3 Å². The maximum absolute atomic E-state index is 12.0. The summed E-state index contributed by atoms with van der Waals surface area (Å²) >= 11 is 12.0. The number of hydrogen-bond acceptors (Lipinski definition) is 2. The van der Waals surface area contributed by atoms with Crippen LogP contribution in [0.1, 0.15) is 22.1 Å². The van der Waals surface area contributed by atoms with E-state index >= 15 is 0 Å².